The molecule has 1 aliphatic heterocycles. The van der Waals surface area contributed by atoms with Crippen LogP contribution in [0.3, 0.4) is 0 Å². The molecule has 0 amide bonds. The standard InChI is InChI=1S/C26H35N/c1-18(2)21-11-9-12-22(19(3)4)24(21)27-17-26(16-25(27,5)6)15-14-20-10-7-8-13-23(20)26/h7-13,18-19H,14-17H2,1-6H3. The normalized spacial score (nSPS) is 23.6. The van der Waals surface area contributed by atoms with Gasteiger partial charge < -0.3 is 4.90 Å². The molecule has 0 aromatic heterocycles. The molecule has 2 aromatic carbocycles. The topological polar surface area (TPSA) is 3.24 Å². The molecule has 1 unspecified atom stereocenters. The maximum Gasteiger partial charge on any atom is 0.0441 e. The molecule has 1 heteroatoms. The van der Waals surface area contributed by atoms with Crippen LogP contribution in [-0.4, -0.2) is 12.1 Å². The fourth-order valence-electron chi connectivity index (χ4n) is 5.81. The van der Waals surface area contributed by atoms with Gasteiger partial charge in [0.2, 0.25) is 0 Å². The first-order valence-corrected chi connectivity index (χ1v) is 10.7. The summed E-state index contributed by atoms with van der Waals surface area (Å²) in [6.45, 7) is 15.4. The van der Waals surface area contributed by atoms with E-state index in [0.717, 1.165) is 6.54 Å². The van der Waals surface area contributed by atoms with E-state index in [-0.39, 0.29) is 5.54 Å². The summed E-state index contributed by atoms with van der Waals surface area (Å²) < 4.78 is 0. The predicted molar refractivity (Wildman–Crippen MR) is 117 cm³/mol. The van der Waals surface area contributed by atoms with Crippen molar-refractivity contribution in [1.29, 1.82) is 0 Å². The summed E-state index contributed by atoms with van der Waals surface area (Å²) in [5.41, 5.74) is 8.24. The molecule has 1 heterocycles. The third-order valence-electron chi connectivity index (χ3n) is 7.04. The fraction of sp³-hybridized carbons (Fsp3) is 0.538. The highest BCUT2D eigenvalue weighted by molar-refractivity contribution is 5.66. The third-order valence-corrected chi connectivity index (χ3v) is 7.04. The fourth-order valence-corrected chi connectivity index (χ4v) is 5.81. The van der Waals surface area contributed by atoms with E-state index in [4.69, 9.17) is 0 Å². The molecule has 4 rings (SSSR count). The number of anilines is 1. The summed E-state index contributed by atoms with van der Waals surface area (Å²) >= 11 is 0. The van der Waals surface area contributed by atoms with Crippen LogP contribution in [0, 0.1) is 0 Å². The lowest BCUT2D eigenvalue weighted by molar-refractivity contribution is 0.414. The molecule has 0 radical (unpaired) electrons. The zero-order valence-corrected chi connectivity index (χ0v) is 18.0. The summed E-state index contributed by atoms with van der Waals surface area (Å²) in [6.07, 6.45) is 3.79. The molecule has 1 nitrogen and oxygen atoms in total. The van der Waals surface area contributed by atoms with Crippen LogP contribution in [0.5, 0.6) is 0 Å². The van der Waals surface area contributed by atoms with E-state index in [9.17, 15) is 0 Å². The number of fused-ring (bicyclic) bond motifs is 2. The SMILES string of the molecule is CC(C)c1cccc(C(C)C)c1N1CC2(CCc3ccccc32)CC1(C)C. The molecular formula is C26H35N. The van der Waals surface area contributed by atoms with E-state index < -0.39 is 0 Å². The second-order valence-electron chi connectivity index (χ2n) is 10.1. The van der Waals surface area contributed by atoms with Crippen LogP contribution < -0.4 is 4.90 Å². The van der Waals surface area contributed by atoms with Gasteiger partial charge in [0.05, 0.1) is 0 Å². The van der Waals surface area contributed by atoms with Crippen molar-refractivity contribution in [3.8, 4) is 0 Å². The summed E-state index contributed by atoms with van der Waals surface area (Å²) in [5, 5.41) is 0. The Labute approximate surface area is 165 Å². The molecule has 1 spiro atoms. The molecule has 27 heavy (non-hydrogen) atoms. The highest BCUT2D eigenvalue weighted by Gasteiger charge is 2.52. The van der Waals surface area contributed by atoms with Gasteiger partial charge >= 0.3 is 0 Å². The van der Waals surface area contributed by atoms with Gasteiger partial charge in [-0.3, -0.25) is 0 Å². The number of nitrogens with zero attached hydrogens (tertiary/aromatic N) is 1. The van der Waals surface area contributed by atoms with Gasteiger partial charge in [0.1, 0.15) is 0 Å². The molecule has 144 valence electrons. The number of rotatable bonds is 3. The Morgan fingerprint density at radius 1 is 0.852 bits per heavy atom. The van der Waals surface area contributed by atoms with Gasteiger partial charge in [0, 0.05) is 23.2 Å². The van der Waals surface area contributed by atoms with Crippen LogP contribution >= 0.6 is 0 Å². The molecular weight excluding hydrogens is 326 g/mol. The van der Waals surface area contributed by atoms with Crippen molar-refractivity contribution in [2.24, 2.45) is 0 Å². The van der Waals surface area contributed by atoms with Crippen LogP contribution in [0.4, 0.5) is 5.69 Å². The summed E-state index contributed by atoms with van der Waals surface area (Å²) in [7, 11) is 0. The summed E-state index contributed by atoms with van der Waals surface area (Å²) in [4.78, 5) is 2.78. The Hall–Kier alpha value is -1.76. The molecule has 1 fully saturated rings. The van der Waals surface area contributed by atoms with Crippen molar-refractivity contribution in [2.45, 2.75) is 83.6 Å². The monoisotopic (exact) mass is 361 g/mol. The number of hydrogen-bond donors (Lipinski definition) is 0. The predicted octanol–water partition coefficient (Wildman–Crippen LogP) is 6.81. The van der Waals surface area contributed by atoms with Gasteiger partial charge in [-0.15, -0.1) is 0 Å². The lowest BCUT2D eigenvalue weighted by Crippen LogP contribution is -2.39. The molecule has 1 saturated heterocycles. The zero-order valence-electron chi connectivity index (χ0n) is 18.0. The Morgan fingerprint density at radius 2 is 1.48 bits per heavy atom. The molecule has 2 aromatic rings. The molecule has 0 bridgehead atoms. The first-order valence-electron chi connectivity index (χ1n) is 10.7. The number of benzene rings is 2. The van der Waals surface area contributed by atoms with Crippen molar-refractivity contribution >= 4 is 5.69 Å². The Morgan fingerprint density at radius 3 is 2.11 bits per heavy atom. The van der Waals surface area contributed by atoms with Crippen molar-refractivity contribution in [1.82, 2.24) is 0 Å². The lowest BCUT2D eigenvalue weighted by Gasteiger charge is -2.38. The van der Waals surface area contributed by atoms with Gasteiger partial charge in [-0.25, -0.2) is 0 Å². The van der Waals surface area contributed by atoms with Crippen molar-refractivity contribution in [3.63, 3.8) is 0 Å². The third kappa shape index (κ3) is 2.91. The van der Waals surface area contributed by atoms with Crippen LogP contribution in [0.2, 0.25) is 0 Å². The van der Waals surface area contributed by atoms with Crippen molar-refractivity contribution in [3.05, 3.63) is 64.7 Å². The van der Waals surface area contributed by atoms with E-state index in [1.807, 2.05) is 0 Å². The largest absolute Gasteiger partial charge is 0.365 e. The highest BCUT2D eigenvalue weighted by atomic mass is 15.2. The van der Waals surface area contributed by atoms with Crippen molar-refractivity contribution in [2.75, 3.05) is 11.4 Å². The maximum absolute atomic E-state index is 2.78. The van der Waals surface area contributed by atoms with E-state index in [1.54, 1.807) is 11.1 Å². The smallest absolute Gasteiger partial charge is 0.0441 e. The van der Waals surface area contributed by atoms with Crippen molar-refractivity contribution < 1.29 is 0 Å². The average molecular weight is 362 g/mol. The van der Waals surface area contributed by atoms with E-state index in [0.29, 0.717) is 17.3 Å². The van der Waals surface area contributed by atoms with E-state index in [2.05, 4.69) is 88.9 Å². The molecule has 0 saturated carbocycles. The van der Waals surface area contributed by atoms with Gasteiger partial charge in [-0.2, -0.15) is 0 Å². The van der Waals surface area contributed by atoms with E-state index in [1.165, 1.54) is 36.1 Å². The Bertz CT molecular complexity index is 819. The minimum absolute atomic E-state index is 0.173. The average Bonchev–Trinajstić information content (AvgIpc) is 3.11. The molecule has 2 aliphatic rings. The first-order chi connectivity index (χ1) is 12.8. The molecule has 1 aliphatic carbocycles. The Kier molecular flexibility index (Phi) is 4.41. The first kappa shape index (κ1) is 18.6. The van der Waals surface area contributed by atoms with Gasteiger partial charge in [-0.1, -0.05) is 70.2 Å². The van der Waals surface area contributed by atoms with Crippen LogP contribution in [-0.2, 0) is 11.8 Å². The highest BCUT2D eigenvalue weighted by Crippen LogP contribution is 2.54. The quantitative estimate of drug-likeness (QED) is 0.580. The van der Waals surface area contributed by atoms with Gasteiger partial charge in [0.15, 0.2) is 0 Å². The summed E-state index contributed by atoms with van der Waals surface area (Å²) in [6, 6.07) is 16.2. The number of hydrogen-bond acceptors (Lipinski definition) is 1. The van der Waals surface area contributed by atoms with Gasteiger partial charge in [0.25, 0.3) is 0 Å². The van der Waals surface area contributed by atoms with Crippen LogP contribution in [0.25, 0.3) is 0 Å². The summed E-state index contributed by atoms with van der Waals surface area (Å²) in [5.74, 6) is 1.09. The Balaban J connectivity index is 1.85. The second-order valence-corrected chi connectivity index (χ2v) is 10.1. The van der Waals surface area contributed by atoms with Gasteiger partial charge in [-0.05, 0) is 67.2 Å². The molecule has 0 N–H and O–H groups in total. The van der Waals surface area contributed by atoms with Crippen LogP contribution in [0.15, 0.2) is 42.5 Å². The maximum atomic E-state index is 2.78. The minimum atomic E-state index is 0.173. The second kappa shape index (κ2) is 6.40. The lowest BCUT2D eigenvalue weighted by atomic mass is 9.77. The van der Waals surface area contributed by atoms with Crippen LogP contribution in [0.1, 0.15) is 88.5 Å². The number of para-hydroxylation sites is 1. The molecule has 1 atom stereocenters. The minimum Gasteiger partial charge on any atom is -0.365 e. The number of aryl methyl sites for hydroxylation is 1. The zero-order chi connectivity index (χ0) is 19.4. The van der Waals surface area contributed by atoms with E-state index >= 15 is 0 Å².